The smallest absolute Gasteiger partial charge is 0.256 e. The third kappa shape index (κ3) is 5.71. The quantitative estimate of drug-likeness (QED) is 0.569. The van der Waals surface area contributed by atoms with Gasteiger partial charge in [-0.25, -0.2) is 14.9 Å². The molecule has 1 aromatic rings. The number of alkyl halides is 2. The molecule has 0 saturated heterocycles. The summed E-state index contributed by atoms with van der Waals surface area (Å²) in [5.74, 6) is 5.84. The number of hydrogen-bond acceptors (Lipinski definition) is 2. The zero-order valence-electron chi connectivity index (χ0n) is 12.8. The van der Waals surface area contributed by atoms with Gasteiger partial charge >= 0.3 is 0 Å². The molecular formula is C17H16F2NO2Y-. The molecule has 1 heterocycles. The Labute approximate surface area is 159 Å². The first-order valence-corrected chi connectivity index (χ1v) is 6.94. The maximum absolute atomic E-state index is 12.7. The van der Waals surface area contributed by atoms with E-state index in [2.05, 4.69) is 17.9 Å². The Bertz CT molecular complexity index is 618. The molecule has 0 aliphatic carbocycles. The number of hydrogen-bond donors (Lipinski definition) is 0. The number of carbonyl (C=O) groups is 1. The fourth-order valence-electron chi connectivity index (χ4n) is 2.13. The van der Waals surface area contributed by atoms with Gasteiger partial charge in [0, 0.05) is 39.1 Å². The second kappa shape index (κ2) is 9.80. The van der Waals surface area contributed by atoms with Gasteiger partial charge in [-0.2, -0.15) is 5.56 Å². The molecule has 0 spiro atoms. The van der Waals surface area contributed by atoms with Gasteiger partial charge in [-0.1, -0.05) is 5.92 Å². The summed E-state index contributed by atoms with van der Waals surface area (Å²) in [4.78, 5) is 13.0. The third-order valence-corrected chi connectivity index (χ3v) is 3.14. The van der Waals surface area contributed by atoms with E-state index in [0.717, 1.165) is 4.90 Å². The Morgan fingerprint density at radius 1 is 1.35 bits per heavy atom. The summed E-state index contributed by atoms with van der Waals surface area (Å²) in [6.45, 7) is 1.42. The van der Waals surface area contributed by atoms with Crippen LogP contribution in [0.4, 0.5) is 8.78 Å². The number of nitrogens with zero attached hydrogens (tertiary/aromatic N) is 1. The van der Waals surface area contributed by atoms with Crippen LogP contribution in [0, 0.1) is 17.9 Å². The molecular weight excluding hydrogens is 377 g/mol. The maximum atomic E-state index is 12.7. The van der Waals surface area contributed by atoms with Crippen LogP contribution in [0.2, 0.25) is 0 Å². The van der Waals surface area contributed by atoms with E-state index < -0.39 is 13.0 Å². The van der Waals surface area contributed by atoms with E-state index in [0.29, 0.717) is 30.0 Å². The van der Waals surface area contributed by atoms with Gasteiger partial charge in [0.15, 0.2) is 0 Å². The number of benzene rings is 1. The monoisotopic (exact) mass is 393 g/mol. The molecule has 1 aliphatic rings. The van der Waals surface area contributed by atoms with Crippen LogP contribution in [0.3, 0.4) is 0 Å². The van der Waals surface area contributed by atoms with Gasteiger partial charge in [-0.15, -0.1) is 30.2 Å². The molecule has 3 nitrogen and oxygen atoms in total. The Morgan fingerprint density at radius 3 is 2.65 bits per heavy atom. The van der Waals surface area contributed by atoms with Crippen molar-refractivity contribution in [3.05, 3.63) is 35.9 Å². The SMILES string of the molecule is CC#CCOc1ccc(C2=[C-]CCC(=O)N2CC(F)F)cc1.[Y]. The summed E-state index contributed by atoms with van der Waals surface area (Å²) in [5.41, 5.74) is 1.08. The molecule has 6 heteroatoms. The number of ether oxygens (including phenoxy) is 1. The molecule has 119 valence electrons. The van der Waals surface area contributed by atoms with Crippen molar-refractivity contribution in [2.24, 2.45) is 0 Å². The van der Waals surface area contributed by atoms with E-state index in [1.165, 1.54) is 0 Å². The standard InChI is InChI=1S/C17H16F2NO2.Y/c1-2-3-11-22-14-9-7-13(8-10-14)15-5-4-6-17(21)20(15)12-16(18)19;/h7-10,16H,4,6,11-12H2,1H3;/q-1;. The van der Waals surface area contributed by atoms with Gasteiger partial charge in [0.25, 0.3) is 6.43 Å². The molecule has 0 bridgehead atoms. The van der Waals surface area contributed by atoms with Crippen molar-refractivity contribution in [1.29, 1.82) is 0 Å². The average Bonchev–Trinajstić information content (AvgIpc) is 2.50. The van der Waals surface area contributed by atoms with E-state index in [1.54, 1.807) is 31.2 Å². The predicted octanol–water partition coefficient (Wildman–Crippen LogP) is 3.12. The average molecular weight is 393 g/mol. The first kappa shape index (κ1) is 19.8. The van der Waals surface area contributed by atoms with Gasteiger partial charge in [-0.3, -0.25) is 4.79 Å². The van der Waals surface area contributed by atoms with Crippen LogP contribution in [-0.4, -0.2) is 30.4 Å². The Morgan fingerprint density at radius 2 is 2.04 bits per heavy atom. The second-order valence-corrected chi connectivity index (χ2v) is 4.66. The number of amides is 1. The van der Waals surface area contributed by atoms with Crippen LogP contribution in [-0.2, 0) is 37.5 Å². The van der Waals surface area contributed by atoms with Crippen LogP contribution in [0.25, 0.3) is 5.70 Å². The van der Waals surface area contributed by atoms with E-state index >= 15 is 0 Å². The topological polar surface area (TPSA) is 29.5 Å². The van der Waals surface area contributed by atoms with Crippen LogP contribution < -0.4 is 4.74 Å². The molecule has 1 radical (unpaired) electrons. The first-order valence-electron chi connectivity index (χ1n) is 6.94. The van der Waals surface area contributed by atoms with E-state index in [4.69, 9.17) is 4.74 Å². The van der Waals surface area contributed by atoms with E-state index in [9.17, 15) is 13.6 Å². The van der Waals surface area contributed by atoms with Crippen molar-refractivity contribution >= 4 is 11.6 Å². The molecule has 0 N–H and O–H groups in total. The molecule has 1 amide bonds. The van der Waals surface area contributed by atoms with Crippen molar-refractivity contribution in [3.63, 3.8) is 0 Å². The maximum Gasteiger partial charge on any atom is 0.256 e. The zero-order chi connectivity index (χ0) is 15.9. The van der Waals surface area contributed by atoms with Crippen LogP contribution in [0.1, 0.15) is 25.3 Å². The molecule has 0 aromatic heterocycles. The van der Waals surface area contributed by atoms with Gasteiger partial charge in [-0.05, 0) is 19.1 Å². The number of rotatable bonds is 5. The van der Waals surface area contributed by atoms with Crippen molar-refractivity contribution in [3.8, 4) is 17.6 Å². The van der Waals surface area contributed by atoms with Crippen LogP contribution in [0.15, 0.2) is 24.3 Å². The minimum absolute atomic E-state index is 0. The fraction of sp³-hybridized carbons (Fsp3) is 0.353. The normalized spacial score (nSPS) is 13.8. The number of allylic oxidation sites excluding steroid dienone is 1. The summed E-state index contributed by atoms with van der Waals surface area (Å²) < 4.78 is 30.7. The van der Waals surface area contributed by atoms with Gasteiger partial charge < -0.3 is 9.64 Å². The molecule has 0 unspecified atom stereocenters. The summed E-state index contributed by atoms with van der Waals surface area (Å²) in [6, 6.07) is 6.91. The fourth-order valence-corrected chi connectivity index (χ4v) is 2.13. The molecule has 0 atom stereocenters. The molecule has 2 rings (SSSR count). The largest absolute Gasteiger partial charge is 0.481 e. The van der Waals surface area contributed by atoms with Crippen molar-refractivity contribution in [2.75, 3.05) is 13.2 Å². The van der Waals surface area contributed by atoms with Gasteiger partial charge in [0.2, 0.25) is 5.91 Å². The summed E-state index contributed by atoms with van der Waals surface area (Å²) >= 11 is 0. The second-order valence-electron chi connectivity index (χ2n) is 4.66. The predicted molar refractivity (Wildman–Crippen MR) is 79.0 cm³/mol. The third-order valence-electron chi connectivity index (χ3n) is 3.14. The number of halogens is 2. The minimum atomic E-state index is -2.57. The zero-order valence-corrected chi connectivity index (χ0v) is 15.7. The van der Waals surface area contributed by atoms with Crippen LogP contribution in [0.5, 0.6) is 5.75 Å². The summed E-state index contributed by atoms with van der Waals surface area (Å²) in [6.07, 6.45) is 1.10. The summed E-state index contributed by atoms with van der Waals surface area (Å²) in [7, 11) is 0. The minimum Gasteiger partial charge on any atom is -0.481 e. The molecule has 1 aliphatic heterocycles. The van der Waals surface area contributed by atoms with E-state index in [-0.39, 0.29) is 45.0 Å². The van der Waals surface area contributed by atoms with Gasteiger partial charge in [0.1, 0.15) is 12.4 Å². The van der Waals surface area contributed by atoms with E-state index in [1.807, 2.05) is 0 Å². The Balaban J connectivity index is 0.00000264. The molecule has 1 aromatic carbocycles. The molecule has 0 saturated carbocycles. The van der Waals surface area contributed by atoms with Gasteiger partial charge in [0.05, 0.1) is 6.54 Å². The van der Waals surface area contributed by atoms with Crippen LogP contribution >= 0.6 is 0 Å². The molecule has 0 fully saturated rings. The Kier molecular flexibility index (Phi) is 8.43. The van der Waals surface area contributed by atoms with Crippen molar-refractivity contribution < 1.29 is 51.0 Å². The van der Waals surface area contributed by atoms with Crippen molar-refractivity contribution in [2.45, 2.75) is 26.2 Å². The molecule has 23 heavy (non-hydrogen) atoms. The first-order chi connectivity index (χ1) is 10.6. The summed E-state index contributed by atoms with van der Waals surface area (Å²) in [5, 5.41) is 0. The number of carbonyl (C=O) groups excluding carboxylic acids is 1. The Hall–Kier alpha value is -1.25. The van der Waals surface area contributed by atoms with Crippen molar-refractivity contribution in [1.82, 2.24) is 4.90 Å².